The van der Waals surface area contributed by atoms with Crippen molar-refractivity contribution in [1.82, 2.24) is 0 Å². The van der Waals surface area contributed by atoms with Crippen LogP contribution in [0.2, 0.25) is 0 Å². The second-order valence-corrected chi connectivity index (χ2v) is 8.84. The third-order valence-electron chi connectivity index (χ3n) is 8.02. The van der Waals surface area contributed by atoms with E-state index in [1.165, 1.54) is 51.4 Å². The molecule has 0 nitrogen and oxygen atoms in total. The Labute approximate surface area is 128 Å². The quantitative estimate of drug-likeness (QED) is 0.537. The Balaban J connectivity index is 2.19. The summed E-state index contributed by atoms with van der Waals surface area (Å²) in [6.45, 7) is 15.2. The molecule has 2 saturated carbocycles. The van der Waals surface area contributed by atoms with E-state index in [-0.39, 0.29) is 0 Å². The topological polar surface area (TPSA) is 0 Å². The summed E-state index contributed by atoms with van der Waals surface area (Å²) >= 11 is 0. The minimum absolute atomic E-state index is 0.607. The second-order valence-electron chi connectivity index (χ2n) is 8.84. The SMILES string of the molecule is CCC(C)CCC1C(C)CCC2(C)C(C)CCCC12C. The van der Waals surface area contributed by atoms with Crippen molar-refractivity contribution < 1.29 is 0 Å². The van der Waals surface area contributed by atoms with Crippen LogP contribution in [0.25, 0.3) is 0 Å². The van der Waals surface area contributed by atoms with Crippen LogP contribution in [0.1, 0.15) is 92.9 Å². The van der Waals surface area contributed by atoms with Crippen molar-refractivity contribution in [1.29, 1.82) is 0 Å². The molecule has 0 saturated heterocycles. The predicted octanol–water partition coefficient (Wildman–Crippen LogP) is 6.69. The molecule has 6 atom stereocenters. The standard InChI is InChI=1S/C20H38/c1-7-15(2)10-11-18-16(3)12-14-19(5)17(4)9-8-13-20(18,19)6/h15-18H,7-14H2,1-6H3. The van der Waals surface area contributed by atoms with Crippen LogP contribution in [0.5, 0.6) is 0 Å². The van der Waals surface area contributed by atoms with Crippen molar-refractivity contribution in [3.05, 3.63) is 0 Å². The Kier molecular flexibility index (Phi) is 4.92. The monoisotopic (exact) mass is 278 g/mol. The zero-order chi connectivity index (χ0) is 15.0. The van der Waals surface area contributed by atoms with Gasteiger partial charge in [-0.3, -0.25) is 0 Å². The zero-order valence-electron chi connectivity index (χ0n) is 15.0. The fourth-order valence-corrected chi connectivity index (χ4v) is 5.71. The molecule has 2 fully saturated rings. The molecule has 0 amide bonds. The lowest BCUT2D eigenvalue weighted by Gasteiger charge is -2.62. The molecular weight excluding hydrogens is 240 g/mol. The van der Waals surface area contributed by atoms with Gasteiger partial charge in [0.2, 0.25) is 0 Å². The molecule has 0 heteroatoms. The first-order valence-electron chi connectivity index (χ1n) is 9.35. The van der Waals surface area contributed by atoms with Crippen LogP contribution >= 0.6 is 0 Å². The summed E-state index contributed by atoms with van der Waals surface area (Å²) in [5, 5.41) is 0. The fraction of sp³-hybridized carbons (Fsp3) is 1.00. The van der Waals surface area contributed by atoms with Crippen molar-refractivity contribution in [3.8, 4) is 0 Å². The van der Waals surface area contributed by atoms with Crippen LogP contribution in [0, 0.1) is 34.5 Å². The van der Waals surface area contributed by atoms with E-state index >= 15 is 0 Å². The molecule has 118 valence electrons. The van der Waals surface area contributed by atoms with Gasteiger partial charge in [-0.15, -0.1) is 0 Å². The fourth-order valence-electron chi connectivity index (χ4n) is 5.71. The number of fused-ring (bicyclic) bond motifs is 1. The molecule has 20 heavy (non-hydrogen) atoms. The van der Waals surface area contributed by atoms with Gasteiger partial charge in [-0.2, -0.15) is 0 Å². The molecule has 0 spiro atoms. The highest BCUT2D eigenvalue weighted by molar-refractivity contribution is 5.05. The largest absolute Gasteiger partial charge is 0.0651 e. The summed E-state index contributed by atoms with van der Waals surface area (Å²) < 4.78 is 0. The van der Waals surface area contributed by atoms with Crippen LogP contribution in [-0.2, 0) is 0 Å². The van der Waals surface area contributed by atoms with E-state index in [9.17, 15) is 0 Å². The summed E-state index contributed by atoms with van der Waals surface area (Å²) in [5.41, 5.74) is 1.22. The average Bonchev–Trinajstić information content (AvgIpc) is 2.41. The van der Waals surface area contributed by atoms with Gasteiger partial charge in [0.05, 0.1) is 0 Å². The molecule has 2 aliphatic carbocycles. The van der Waals surface area contributed by atoms with E-state index in [0.29, 0.717) is 10.8 Å². The maximum atomic E-state index is 2.67. The summed E-state index contributed by atoms with van der Waals surface area (Å²) in [5.74, 6) is 3.76. The van der Waals surface area contributed by atoms with E-state index in [1.54, 1.807) is 0 Å². The van der Waals surface area contributed by atoms with Crippen molar-refractivity contribution in [2.75, 3.05) is 0 Å². The minimum atomic E-state index is 0.607. The van der Waals surface area contributed by atoms with Gasteiger partial charge in [0.25, 0.3) is 0 Å². The summed E-state index contributed by atoms with van der Waals surface area (Å²) in [6.07, 6.45) is 11.7. The van der Waals surface area contributed by atoms with Gasteiger partial charge >= 0.3 is 0 Å². The smallest absolute Gasteiger partial charge is 0.0239 e. The number of rotatable bonds is 4. The van der Waals surface area contributed by atoms with Gasteiger partial charge in [-0.05, 0) is 60.2 Å². The molecule has 0 N–H and O–H groups in total. The molecule has 2 aliphatic rings. The highest BCUT2D eigenvalue weighted by atomic mass is 14.6. The van der Waals surface area contributed by atoms with Crippen molar-refractivity contribution in [2.24, 2.45) is 34.5 Å². The number of hydrogen-bond acceptors (Lipinski definition) is 0. The first-order valence-corrected chi connectivity index (χ1v) is 9.35. The Hall–Kier alpha value is 0. The van der Waals surface area contributed by atoms with Crippen LogP contribution in [0.15, 0.2) is 0 Å². The molecule has 0 heterocycles. The highest BCUT2D eigenvalue weighted by Gasteiger charge is 2.56. The van der Waals surface area contributed by atoms with Crippen molar-refractivity contribution in [3.63, 3.8) is 0 Å². The van der Waals surface area contributed by atoms with Gasteiger partial charge in [0.15, 0.2) is 0 Å². The first kappa shape index (κ1) is 16.4. The van der Waals surface area contributed by atoms with Crippen LogP contribution in [-0.4, -0.2) is 0 Å². The zero-order valence-corrected chi connectivity index (χ0v) is 15.0. The average molecular weight is 279 g/mol. The minimum Gasteiger partial charge on any atom is -0.0651 e. The molecule has 6 unspecified atom stereocenters. The third kappa shape index (κ3) is 2.57. The third-order valence-corrected chi connectivity index (χ3v) is 8.02. The molecule has 0 bridgehead atoms. The van der Waals surface area contributed by atoms with Crippen LogP contribution in [0.3, 0.4) is 0 Å². The maximum absolute atomic E-state index is 2.67. The molecule has 2 rings (SSSR count). The van der Waals surface area contributed by atoms with Gasteiger partial charge in [0, 0.05) is 0 Å². The summed E-state index contributed by atoms with van der Waals surface area (Å²) in [4.78, 5) is 0. The normalized spacial score (nSPS) is 46.8. The molecule has 0 aliphatic heterocycles. The van der Waals surface area contributed by atoms with E-state index in [0.717, 1.165) is 23.7 Å². The predicted molar refractivity (Wildman–Crippen MR) is 89.8 cm³/mol. The van der Waals surface area contributed by atoms with Gasteiger partial charge in [0.1, 0.15) is 0 Å². The lowest BCUT2D eigenvalue weighted by atomic mass is 9.42. The second kappa shape index (κ2) is 6.01. The van der Waals surface area contributed by atoms with Crippen LogP contribution in [0.4, 0.5) is 0 Å². The summed E-state index contributed by atoms with van der Waals surface area (Å²) in [6, 6.07) is 0. The lowest BCUT2D eigenvalue weighted by Crippen LogP contribution is -2.54. The van der Waals surface area contributed by atoms with Gasteiger partial charge < -0.3 is 0 Å². The first-order chi connectivity index (χ1) is 9.35. The van der Waals surface area contributed by atoms with Gasteiger partial charge in [-0.1, -0.05) is 67.2 Å². The number of hydrogen-bond donors (Lipinski definition) is 0. The highest BCUT2D eigenvalue weighted by Crippen LogP contribution is 2.65. The van der Waals surface area contributed by atoms with Gasteiger partial charge in [-0.25, -0.2) is 0 Å². The molecule has 0 aromatic carbocycles. The van der Waals surface area contributed by atoms with Crippen molar-refractivity contribution >= 4 is 0 Å². The van der Waals surface area contributed by atoms with E-state index in [2.05, 4.69) is 41.5 Å². The summed E-state index contributed by atoms with van der Waals surface area (Å²) in [7, 11) is 0. The van der Waals surface area contributed by atoms with Crippen molar-refractivity contribution in [2.45, 2.75) is 92.9 Å². The Morgan fingerprint density at radius 1 is 1.05 bits per heavy atom. The Morgan fingerprint density at radius 3 is 2.40 bits per heavy atom. The molecule has 0 radical (unpaired) electrons. The maximum Gasteiger partial charge on any atom is -0.0239 e. The molecular formula is C20H38. The van der Waals surface area contributed by atoms with Crippen LogP contribution < -0.4 is 0 Å². The van der Waals surface area contributed by atoms with E-state index in [4.69, 9.17) is 0 Å². The lowest BCUT2D eigenvalue weighted by molar-refractivity contribution is -0.131. The Morgan fingerprint density at radius 2 is 1.75 bits per heavy atom. The molecule has 0 aromatic rings. The van der Waals surface area contributed by atoms with E-state index in [1.807, 2.05) is 0 Å². The molecule has 0 aromatic heterocycles. The Bertz CT molecular complexity index is 320. The van der Waals surface area contributed by atoms with E-state index < -0.39 is 0 Å².